The first-order chi connectivity index (χ1) is 9.67. The molecule has 0 bridgehead atoms. The van der Waals surface area contributed by atoms with Crippen molar-refractivity contribution < 1.29 is 25.6 Å². The van der Waals surface area contributed by atoms with Crippen LogP contribution >= 0.6 is 0 Å². The number of sulfone groups is 1. The number of aryl methyl sites for hydroxylation is 1. The fourth-order valence-corrected chi connectivity index (χ4v) is 3.42. The molecular formula is C14H18O6S2. The number of fused-ring (bicyclic) bond motifs is 1. The van der Waals surface area contributed by atoms with Gasteiger partial charge in [-0.05, 0) is 29.8 Å². The average Bonchev–Trinajstić information content (AvgIpc) is 2.36. The third-order valence-electron chi connectivity index (χ3n) is 2.91. The molecule has 0 fully saturated rings. The zero-order valence-electron chi connectivity index (χ0n) is 11.2. The van der Waals surface area contributed by atoms with Gasteiger partial charge in [0.2, 0.25) is 0 Å². The third-order valence-corrected chi connectivity index (χ3v) is 5.05. The molecule has 2 aromatic rings. The molecule has 0 heterocycles. The Morgan fingerprint density at radius 3 is 2.23 bits per heavy atom. The largest absolute Gasteiger partial charge is 0.397 e. The van der Waals surface area contributed by atoms with Crippen LogP contribution < -0.4 is 0 Å². The second-order valence-corrected chi connectivity index (χ2v) is 7.78. The lowest BCUT2D eigenvalue weighted by atomic mass is 10.1. The van der Waals surface area contributed by atoms with Gasteiger partial charge in [0.15, 0.2) is 9.84 Å². The molecule has 0 unspecified atom stereocenters. The molecule has 122 valence electrons. The highest BCUT2D eigenvalue weighted by atomic mass is 32.3. The van der Waals surface area contributed by atoms with E-state index in [0.29, 0.717) is 0 Å². The Labute approximate surface area is 130 Å². The quantitative estimate of drug-likeness (QED) is 0.835. The van der Waals surface area contributed by atoms with Crippen LogP contribution in [0, 0.1) is 6.92 Å². The van der Waals surface area contributed by atoms with E-state index in [1.165, 1.54) is 12.1 Å². The predicted molar refractivity (Wildman–Crippen MR) is 85.0 cm³/mol. The Morgan fingerprint density at radius 2 is 1.59 bits per heavy atom. The molecule has 0 amide bonds. The van der Waals surface area contributed by atoms with Crippen LogP contribution in [0.15, 0.2) is 41.3 Å². The van der Waals surface area contributed by atoms with E-state index in [9.17, 15) is 16.8 Å². The summed E-state index contributed by atoms with van der Waals surface area (Å²) in [5, 5.41) is 1.69. The summed E-state index contributed by atoms with van der Waals surface area (Å²) >= 11 is 0. The lowest BCUT2D eigenvalue weighted by molar-refractivity contribution is 0.284. The number of hydrogen-bond acceptors (Lipinski definition) is 5. The van der Waals surface area contributed by atoms with Crippen LogP contribution in [0.5, 0.6) is 0 Å². The van der Waals surface area contributed by atoms with Gasteiger partial charge in [0.25, 0.3) is 0 Å². The summed E-state index contributed by atoms with van der Waals surface area (Å²) in [7, 11) is -8.32. The SMILES string of the molecule is C.Cc1ccc2cc(S(=O)(=O)CCOS(=O)(=O)O)ccc2c1. The van der Waals surface area contributed by atoms with Gasteiger partial charge in [-0.25, -0.2) is 12.6 Å². The molecule has 0 saturated heterocycles. The molecule has 8 heteroatoms. The minimum atomic E-state index is -4.63. The summed E-state index contributed by atoms with van der Waals surface area (Å²) in [5.41, 5.74) is 1.07. The monoisotopic (exact) mass is 346 g/mol. The molecule has 0 atom stereocenters. The zero-order valence-corrected chi connectivity index (χ0v) is 12.8. The standard InChI is InChI=1S/C13H14O6S2.CH4/c1-10-2-3-12-9-13(5-4-11(12)8-10)20(14,15)7-6-19-21(16,17)18;/h2-5,8-9H,6-7H2,1H3,(H,16,17,18);1H4. The van der Waals surface area contributed by atoms with Crippen molar-refractivity contribution in [2.45, 2.75) is 19.2 Å². The highest BCUT2D eigenvalue weighted by Gasteiger charge is 2.16. The Kier molecular flexibility index (Phi) is 5.69. The third kappa shape index (κ3) is 4.77. The van der Waals surface area contributed by atoms with Crippen LogP contribution in [0.3, 0.4) is 0 Å². The van der Waals surface area contributed by atoms with Crippen molar-refractivity contribution in [3.8, 4) is 0 Å². The summed E-state index contributed by atoms with van der Waals surface area (Å²) in [5.74, 6) is -0.538. The molecule has 2 aromatic carbocycles. The first-order valence-electron chi connectivity index (χ1n) is 6.02. The molecule has 2 rings (SSSR count). The number of hydrogen-bond donors (Lipinski definition) is 1. The fourth-order valence-electron chi connectivity index (χ4n) is 1.90. The molecule has 0 saturated carbocycles. The van der Waals surface area contributed by atoms with Gasteiger partial charge in [0, 0.05) is 0 Å². The second kappa shape index (κ2) is 6.74. The smallest absolute Gasteiger partial charge is 0.264 e. The molecule has 0 aliphatic heterocycles. The van der Waals surface area contributed by atoms with Crippen molar-refractivity contribution in [1.29, 1.82) is 0 Å². The minimum absolute atomic E-state index is 0. The van der Waals surface area contributed by atoms with Crippen LogP contribution in [-0.4, -0.2) is 33.7 Å². The van der Waals surface area contributed by atoms with Crippen LogP contribution in [0.1, 0.15) is 13.0 Å². The summed E-state index contributed by atoms with van der Waals surface area (Å²) in [6.07, 6.45) is 0. The minimum Gasteiger partial charge on any atom is -0.264 e. The Balaban J connectivity index is 0.00000242. The van der Waals surface area contributed by atoms with Crippen molar-refractivity contribution in [2.24, 2.45) is 0 Å². The van der Waals surface area contributed by atoms with E-state index in [1.54, 1.807) is 6.07 Å². The van der Waals surface area contributed by atoms with Crippen LogP contribution in [0.2, 0.25) is 0 Å². The number of rotatable bonds is 5. The molecule has 1 N–H and O–H groups in total. The molecular weight excluding hydrogens is 328 g/mol. The second-order valence-electron chi connectivity index (χ2n) is 4.58. The topological polar surface area (TPSA) is 97.7 Å². The van der Waals surface area contributed by atoms with Gasteiger partial charge in [0.1, 0.15) is 0 Å². The first-order valence-corrected chi connectivity index (χ1v) is 9.04. The Bertz CT molecular complexity index is 869. The van der Waals surface area contributed by atoms with Gasteiger partial charge in [0.05, 0.1) is 17.3 Å². The summed E-state index contributed by atoms with van der Waals surface area (Å²) in [6.45, 7) is 1.31. The fraction of sp³-hybridized carbons (Fsp3) is 0.286. The van der Waals surface area contributed by atoms with E-state index in [0.717, 1.165) is 16.3 Å². The van der Waals surface area contributed by atoms with Gasteiger partial charge < -0.3 is 0 Å². The highest BCUT2D eigenvalue weighted by Crippen LogP contribution is 2.21. The van der Waals surface area contributed by atoms with Crippen LogP contribution in [0.25, 0.3) is 10.8 Å². The zero-order chi connectivity index (χ0) is 15.7. The van der Waals surface area contributed by atoms with Gasteiger partial charge in [-0.15, -0.1) is 0 Å². The maximum Gasteiger partial charge on any atom is 0.397 e. The van der Waals surface area contributed by atoms with Crippen LogP contribution in [0.4, 0.5) is 0 Å². The van der Waals surface area contributed by atoms with Crippen molar-refractivity contribution in [2.75, 3.05) is 12.4 Å². The van der Waals surface area contributed by atoms with Gasteiger partial charge >= 0.3 is 10.4 Å². The average molecular weight is 346 g/mol. The van der Waals surface area contributed by atoms with E-state index < -0.39 is 32.6 Å². The van der Waals surface area contributed by atoms with Gasteiger partial charge in [-0.1, -0.05) is 37.3 Å². The molecule has 22 heavy (non-hydrogen) atoms. The van der Waals surface area contributed by atoms with Crippen LogP contribution in [-0.2, 0) is 24.4 Å². The van der Waals surface area contributed by atoms with E-state index in [4.69, 9.17) is 4.55 Å². The highest BCUT2D eigenvalue weighted by molar-refractivity contribution is 7.91. The summed E-state index contributed by atoms with van der Waals surface area (Å²) in [6, 6.07) is 10.3. The van der Waals surface area contributed by atoms with E-state index in [1.807, 2.05) is 25.1 Å². The molecule has 0 aliphatic rings. The summed E-state index contributed by atoms with van der Waals surface area (Å²) in [4.78, 5) is 0.0813. The van der Waals surface area contributed by atoms with Crippen molar-refractivity contribution >= 4 is 31.0 Å². The molecule has 0 aliphatic carbocycles. The van der Waals surface area contributed by atoms with E-state index >= 15 is 0 Å². The maximum absolute atomic E-state index is 12.1. The van der Waals surface area contributed by atoms with E-state index in [2.05, 4.69) is 4.18 Å². The predicted octanol–water partition coefficient (Wildman–Crippen LogP) is 2.38. The molecule has 6 nitrogen and oxygen atoms in total. The molecule has 0 spiro atoms. The number of benzene rings is 2. The van der Waals surface area contributed by atoms with E-state index in [-0.39, 0.29) is 12.3 Å². The van der Waals surface area contributed by atoms with Crippen molar-refractivity contribution in [3.05, 3.63) is 42.0 Å². The maximum atomic E-state index is 12.1. The lowest BCUT2D eigenvalue weighted by Gasteiger charge is -2.06. The Hall–Kier alpha value is -1.48. The Morgan fingerprint density at radius 1 is 1.00 bits per heavy atom. The van der Waals surface area contributed by atoms with Gasteiger partial charge in [-0.2, -0.15) is 8.42 Å². The van der Waals surface area contributed by atoms with Crippen molar-refractivity contribution in [1.82, 2.24) is 0 Å². The normalized spacial score (nSPS) is 12.1. The summed E-state index contributed by atoms with van der Waals surface area (Å²) < 4.78 is 57.4. The van der Waals surface area contributed by atoms with Crippen molar-refractivity contribution in [3.63, 3.8) is 0 Å². The first kappa shape index (κ1) is 18.6. The molecule has 0 radical (unpaired) electrons. The lowest BCUT2D eigenvalue weighted by Crippen LogP contribution is -2.15. The molecule has 0 aromatic heterocycles. The van der Waals surface area contributed by atoms with Gasteiger partial charge in [-0.3, -0.25) is 4.55 Å².